The van der Waals surface area contributed by atoms with Gasteiger partial charge in [0.15, 0.2) is 0 Å². The van der Waals surface area contributed by atoms with Crippen molar-refractivity contribution in [3.05, 3.63) is 106 Å². The van der Waals surface area contributed by atoms with Gasteiger partial charge >= 0.3 is 6.36 Å². The SMILES string of the molecule is C/C(=C\N(N)CCC(F)Cn1ccc(NC(=O)Cc2ccccc2)c(F)c1=O)C(=O)NCc1cccc(OC(F)(F)F)c1.CCC.CO. The van der Waals surface area contributed by atoms with E-state index in [0.29, 0.717) is 11.1 Å². The first-order valence-electron chi connectivity index (χ1n) is 14.9. The number of halogens is 5. The Kier molecular flexibility index (Phi) is 18.2. The van der Waals surface area contributed by atoms with Crippen LogP contribution in [0.3, 0.4) is 0 Å². The molecule has 1 heterocycles. The number of alkyl halides is 4. The van der Waals surface area contributed by atoms with Crippen molar-refractivity contribution in [3.8, 4) is 5.75 Å². The van der Waals surface area contributed by atoms with Crippen molar-refractivity contribution in [3.63, 3.8) is 0 Å². The molecule has 3 rings (SSSR count). The highest BCUT2D eigenvalue weighted by Gasteiger charge is 2.31. The van der Waals surface area contributed by atoms with Crippen molar-refractivity contribution < 1.29 is 41.4 Å². The van der Waals surface area contributed by atoms with Gasteiger partial charge in [0.05, 0.1) is 18.7 Å². The third-order valence-electron chi connectivity index (χ3n) is 5.99. The maximum Gasteiger partial charge on any atom is 0.573 e. The molecule has 0 aliphatic carbocycles. The molecule has 15 heteroatoms. The molecule has 0 saturated heterocycles. The van der Waals surface area contributed by atoms with E-state index in [1.807, 2.05) is 0 Å². The van der Waals surface area contributed by atoms with Gasteiger partial charge < -0.3 is 30.1 Å². The monoisotopic (exact) mass is 683 g/mol. The number of ether oxygens (including phenoxy) is 1. The molecule has 0 fully saturated rings. The second-order valence-corrected chi connectivity index (χ2v) is 10.2. The van der Waals surface area contributed by atoms with E-state index in [1.165, 1.54) is 43.9 Å². The summed E-state index contributed by atoms with van der Waals surface area (Å²) in [5.41, 5.74) is -0.205. The number of hydrogen-bond donors (Lipinski definition) is 4. The predicted molar refractivity (Wildman–Crippen MR) is 173 cm³/mol. The number of anilines is 1. The number of pyridine rings is 1. The fraction of sp³-hybridized carbons (Fsp3) is 0.364. The first kappa shape index (κ1) is 41.3. The Morgan fingerprint density at radius 2 is 1.69 bits per heavy atom. The van der Waals surface area contributed by atoms with Crippen molar-refractivity contribution in [1.29, 1.82) is 0 Å². The summed E-state index contributed by atoms with van der Waals surface area (Å²) in [6.07, 6.45) is -2.95. The van der Waals surface area contributed by atoms with Crippen molar-refractivity contribution >= 4 is 17.5 Å². The maximum atomic E-state index is 14.6. The Balaban J connectivity index is 0.00000218. The Morgan fingerprint density at radius 3 is 2.31 bits per heavy atom. The molecule has 5 N–H and O–H groups in total. The van der Waals surface area contributed by atoms with Crippen LogP contribution in [0.1, 0.15) is 44.7 Å². The Hall–Kier alpha value is -4.76. The van der Waals surface area contributed by atoms with E-state index >= 15 is 0 Å². The lowest BCUT2D eigenvalue weighted by molar-refractivity contribution is -0.274. The van der Waals surface area contributed by atoms with Crippen LogP contribution >= 0.6 is 0 Å². The smallest absolute Gasteiger partial charge is 0.406 e. The second kappa shape index (κ2) is 21.2. The molecule has 2 amide bonds. The largest absolute Gasteiger partial charge is 0.573 e. The summed E-state index contributed by atoms with van der Waals surface area (Å²) in [6.45, 7) is 5.07. The minimum atomic E-state index is -4.84. The molecular weight excluding hydrogens is 641 g/mol. The van der Waals surface area contributed by atoms with Gasteiger partial charge in [0.1, 0.15) is 11.9 Å². The van der Waals surface area contributed by atoms with Crippen molar-refractivity contribution in [2.75, 3.05) is 19.0 Å². The van der Waals surface area contributed by atoms with Gasteiger partial charge in [-0.05, 0) is 42.7 Å². The number of nitrogens with zero attached hydrogens (tertiary/aromatic N) is 2. The molecule has 1 aromatic heterocycles. The predicted octanol–water partition coefficient (Wildman–Crippen LogP) is 5.22. The molecule has 264 valence electrons. The number of nitrogens with one attached hydrogen (secondary N) is 2. The topological polar surface area (TPSA) is 139 Å². The van der Waals surface area contributed by atoms with E-state index in [2.05, 4.69) is 29.2 Å². The summed E-state index contributed by atoms with van der Waals surface area (Å²) >= 11 is 0. The van der Waals surface area contributed by atoms with Crippen molar-refractivity contribution in [2.24, 2.45) is 5.84 Å². The summed E-state index contributed by atoms with van der Waals surface area (Å²) in [5.74, 6) is 3.11. The Bertz CT molecular complexity index is 1520. The first-order chi connectivity index (χ1) is 22.7. The van der Waals surface area contributed by atoms with Crippen LogP contribution in [0.4, 0.5) is 27.6 Å². The molecule has 0 spiro atoms. The molecule has 1 atom stereocenters. The Morgan fingerprint density at radius 1 is 1.06 bits per heavy atom. The number of carbonyl (C=O) groups excluding carboxylic acids is 2. The second-order valence-electron chi connectivity index (χ2n) is 10.2. The van der Waals surface area contributed by atoms with E-state index in [-0.39, 0.29) is 37.2 Å². The molecule has 0 aliphatic heterocycles. The number of aromatic nitrogens is 1. The maximum absolute atomic E-state index is 14.6. The summed E-state index contributed by atoms with van der Waals surface area (Å²) in [5, 5.41) is 12.9. The van der Waals surface area contributed by atoms with Crippen LogP contribution in [-0.2, 0) is 29.1 Å². The van der Waals surface area contributed by atoms with Crippen LogP contribution in [0.25, 0.3) is 0 Å². The van der Waals surface area contributed by atoms with Crippen molar-refractivity contribution in [1.82, 2.24) is 14.9 Å². The van der Waals surface area contributed by atoms with Gasteiger partial charge in [-0.15, -0.1) is 13.2 Å². The first-order valence-corrected chi connectivity index (χ1v) is 14.9. The summed E-state index contributed by atoms with van der Waals surface area (Å²) in [4.78, 5) is 36.9. The molecule has 0 radical (unpaired) electrons. The van der Waals surface area contributed by atoms with E-state index in [0.717, 1.165) is 28.8 Å². The summed E-state index contributed by atoms with van der Waals surface area (Å²) in [7, 11) is 1.00. The molecule has 10 nitrogen and oxygen atoms in total. The zero-order valence-electron chi connectivity index (χ0n) is 27.2. The number of hydrogen-bond acceptors (Lipinski definition) is 7. The van der Waals surface area contributed by atoms with E-state index in [1.54, 1.807) is 30.3 Å². The molecular formula is C33H42F5N5O5. The lowest BCUT2D eigenvalue weighted by atomic mass is 10.1. The van der Waals surface area contributed by atoms with Gasteiger partial charge in [0.25, 0.3) is 5.56 Å². The number of benzene rings is 2. The molecule has 0 saturated carbocycles. The van der Waals surface area contributed by atoms with Gasteiger partial charge in [-0.25, -0.2) is 10.2 Å². The van der Waals surface area contributed by atoms with Gasteiger partial charge in [0.2, 0.25) is 17.6 Å². The highest BCUT2D eigenvalue weighted by Crippen LogP contribution is 2.23. The minimum Gasteiger partial charge on any atom is -0.406 e. The normalized spacial score (nSPS) is 11.6. The third kappa shape index (κ3) is 15.7. The third-order valence-corrected chi connectivity index (χ3v) is 5.99. The zero-order chi connectivity index (χ0) is 36.3. The molecule has 0 aliphatic rings. The standard InChI is InChI=1S/C29H30F5N5O4.C3H8.CH4O/c1-19(27(41)36-16-21-8-5-9-23(14-21)43-29(32,33)34)17-39(35)13-10-22(30)18-38-12-11-24(26(31)28(38)42)37-25(40)15-20-6-3-2-4-7-20;1-3-2;1-2/h2-9,11-12,14,17,22H,10,13,15-16,18,35H2,1H3,(H,36,41)(H,37,40);3H2,1-2H3;2H,1H3/b19-17+;;. The molecule has 2 aromatic carbocycles. The fourth-order valence-electron chi connectivity index (χ4n) is 3.90. The molecule has 0 bridgehead atoms. The molecule has 1 unspecified atom stereocenters. The zero-order valence-corrected chi connectivity index (χ0v) is 27.2. The highest BCUT2D eigenvalue weighted by molar-refractivity contribution is 5.93. The van der Waals surface area contributed by atoms with Gasteiger partial charge in [-0.2, -0.15) is 4.39 Å². The number of rotatable bonds is 13. The van der Waals surface area contributed by atoms with Crippen LogP contribution in [0.15, 0.2) is 83.4 Å². The number of amides is 2. The number of carbonyl (C=O) groups is 2. The highest BCUT2D eigenvalue weighted by atomic mass is 19.4. The van der Waals surface area contributed by atoms with E-state index < -0.39 is 48.0 Å². The summed E-state index contributed by atoms with van der Waals surface area (Å²) < 4.78 is 71.1. The van der Waals surface area contributed by atoms with Gasteiger partial charge in [0, 0.05) is 38.2 Å². The molecule has 48 heavy (non-hydrogen) atoms. The van der Waals surface area contributed by atoms with E-state index in [9.17, 15) is 36.3 Å². The summed E-state index contributed by atoms with van der Waals surface area (Å²) in [6, 6.07) is 15.0. The van der Waals surface area contributed by atoms with Crippen molar-refractivity contribution in [2.45, 2.75) is 65.7 Å². The average Bonchev–Trinajstić information content (AvgIpc) is 3.03. The van der Waals surface area contributed by atoms with Crippen LogP contribution in [0, 0.1) is 5.82 Å². The van der Waals surface area contributed by atoms with Crippen LogP contribution < -0.4 is 26.8 Å². The average molecular weight is 684 g/mol. The van der Waals surface area contributed by atoms with Gasteiger partial charge in [-0.1, -0.05) is 62.7 Å². The lowest BCUT2D eigenvalue weighted by Gasteiger charge is -2.18. The van der Waals surface area contributed by atoms with Crippen LogP contribution in [0.5, 0.6) is 5.75 Å². The quantitative estimate of drug-likeness (QED) is 0.0840. The minimum absolute atomic E-state index is 0.0181. The number of aliphatic hydroxyl groups excluding tert-OH is 1. The van der Waals surface area contributed by atoms with E-state index in [4.69, 9.17) is 10.9 Å². The Labute approximate surface area is 276 Å². The lowest BCUT2D eigenvalue weighted by Crippen LogP contribution is -2.33. The van der Waals surface area contributed by atoms with Gasteiger partial charge in [-0.3, -0.25) is 14.4 Å². The van der Waals surface area contributed by atoms with Crippen LogP contribution in [-0.4, -0.2) is 52.7 Å². The number of hydrazine groups is 1. The number of aliphatic hydroxyl groups is 1. The fourth-order valence-corrected chi connectivity index (χ4v) is 3.90. The van der Waals surface area contributed by atoms with Crippen LogP contribution in [0.2, 0.25) is 0 Å². The molecule has 3 aromatic rings. The number of nitrogens with two attached hydrogens (primary N) is 1.